The minimum Gasteiger partial charge on any atom is -0.494 e. The molecule has 0 atom stereocenters. The first-order chi connectivity index (χ1) is 44.9. The third-order valence-electron chi connectivity index (χ3n) is 17.0. The molecule has 8 rings (SSSR count). The van der Waals surface area contributed by atoms with Gasteiger partial charge in [0, 0.05) is 34.8 Å². The van der Waals surface area contributed by atoms with Crippen LogP contribution in [0.15, 0.2) is 150 Å². The van der Waals surface area contributed by atoms with Crippen molar-refractivity contribution in [2.45, 2.75) is 158 Å². The maximum absolute atomic E-state index is 13.8. The molecule has 0 amide bonds. The SMILES string of the molecule is C=CC(=O)OCCCCCCOc1ccc(CCOC(=O)C2CCC(C(=O)Oc3ccc4c(c3)cc(Sc3ccc(OCCCCCC)cc3)c3cc(OC(=O)C5CCC(C(=O)OCCc6ccc(OCCCCCCOC(=O)C=C)cc6)CC5)ccc34)CC2)cc1. The molecule has 0 saturated heterocycles. The van der Waals surface area contributed by atoms with Crippen molar-refractivity contribution < 1.29 is 71.4 Å². The van der Waals surface area contributed by atoms with Gasteiger partial charge in [0.05, 0.1) is 69.9 Å². The molecular formula is C76H90O15S. The molecule has 0 aromatic heterocycles. The van der Waals surface area contributed by atoms with Gasteiger partial charge in [-0.25, -0.2) is 9.59 Å². The fraction of sp³-hybridized carbons (Fsp3) is 0.447. The fourth-order valence-corrected chi connectivity index (χ4v) is 12.5. The Morgan fingerprint density at radius 2 is 0.772 bits per heavy atom. The summed E-state index contributed by atoms with van der Waals surface area (Å²) in [6.07, 6.45) is 19.5. The molecule has 0 N–H and O–H groups in total. The minimum absolute atomic E-state index is 0.237. The van der Waals surface area contributed by atoms with Crippen LogP contribution in [0.5, 0.6) is 28.7 Å². The van der Waals surface area contributed by atoms with Gasteiger partial charge in [-0.05, 0) is 221 Å². The molecule has 0 bridgehead atoms. The zero-order chi connectivity index (χ0) is 64.7. The molecule has 2 aliphatic rings. The molecule has 490 valence electrons. The third kappa shape index (κ3) is 22.9. The summed E-state index contributed by atoms with van der Waals surface area (Å²) >= 11 is 1.58. The molecule has 2 fully saturated rings. The van der Waals surface area contributed by atoms with Gasteiger partial charge < -0.3 is 42.6 Å². The number of fused-ring (bicyclic) bond motifs is 3. The van der Waals surface area contributed by atoms with E-state index in [0.717, 1.165) is 124 Å². The number of hydrogen-bond donors (Lipinski definition) is 0. The molecule has 6 aromatic carbocycles. The maximum atomic E-state index is 13.8. The van der Waals surface area contributed by atoms with Gasteiger partial charge >= 0.3 is 35.8 Å². The predicted octanol–water partition coefficient (Wildman–Crippen LogP) is 16.4. The lowest BCUT2D eigenvalue weighted by Crippen LogP contribution is -2.29. The Hall–Kier alpha value is -8.11. The Bertz CT molecular complexity index is 3340. The van der Waals surface area contributed by atoms with Gasteiger partial charge in [-0.1, -0.05) is 87.5 Å². The number of carbonyl (C=O) groups is 6. The van der Waals surface area contributed by atoms with E-state index in [2.05, 4.69) is 26.1 Å². The number of benzene rings is 6. The second-order valence-electron chi connectivity index (χ2n) is 23.8. The van der Waals surface area contributed by atoms with Gasteiger partial charge in [-0.15, -0.1) is 0 Å². The lowest BCUT2D eigenvalue weighted by Gasteiger charge is -2.26. The van der Waals surface area contributed by atoms with E-state index in [0.29, 0.717) is 109 Å². The Kier molecular flexibility index (Phi) is 28.8. The summed E-state index contributed by atoms with van der Waals surface area (Å²) in [5, 5.41) is 3.65. The van der Waals surface area contributed by atoms with Gasteiger partial charge in [0.25, 0.3) is 0 Å². The summed E-state index contributed by atoms with van der Waals surface area (Å²) in [6.45, 7) is 12.2. The van der Waals surface area contributed by atoms with Crippen LogP contribution in [0.4, 0.5) is 0 Å². The number of hydrogen-bond acceptors (Lipinski definition) is 16. The predicted molar refractivity (Wildman–Crippen MR) is 356 cm³/mol. The Labute approximate surface area is 546 Å². The lowest BCUT2D eigenvalue weighted by molar-refractivity contribution is -0.152. The van der Waals surface area contributed by atoms with Gasteiger partial charge in [-0.3, -0.25) is 19.2 Å². The average Bonchev–Trinajstić information content (AvgIpc) is 0.776. The van der Waals surface area contributed by atoms with Crippen molar-refractivity contribution in [3.05, 3.63) is 152 Å². The van der Waals surface area contributed by atoms with E-state index in [4.69, 9.17) is 42.6 Å². The smallest absolute Gasteiger partial charge is 0.330 e. The topological polar surface area (TPSA) is 185 Å². The Morgan fingerprint density at radius 3 is 1.21 bits per heavy atom. The van der Waals surface area contributed by atoms with Crippen molar-refractivity contribution in [1.29, 1.82) is 0 Å². The third-order valence-corrected chi connectivity index (χ3v) is 18.0. The molecule has 0 spiro atoms. The number of ether oxygens (including phenoxy) is 9. The molecule has 16 heteroatoms. The fourth-order valence-electron chi connectivity index (χ4n) is 11.5. The highest BCUT2D eigenvalue weighted by Gasteiger charge is 2.34. The lowest BCUT2D eigenvalue weighted by atomic mass is 9.82. The van der Waals surface area contributed by atoms with Crippen LogP contribution in [0.2, 0.25) is 0 Å². The van der Waals surface area contributed by atoms with Gasteiger partial charge in [0.2, 0.25) is 0 Å². The van der Waals surface area contributed by atoms with Crippen LogP contribution in [-0.2, 0) is 60.6 Å². The first kappa shape index (κ1) is 69.8. The highest BCUT2D eigenvalue weighted by atomic mass is 32.2. The van der Waals surface area contributed by atoms with E-state index in [-0.39, 0.29) is 60.8 Å². The second kappa shape index (κ2) is 38.0. The van der Waals surface area contributed by atoms with Crippen molar-refractivity contribution in [2.75, 3.05) is 46.2 Å². The average molecular weight is 1280 g/mol. The van der Waals surface area contributed by atoms with Gasteiger partial charge in [0.15, 0.2) is 0 Å². The zero-order valence-corrected chi connectivity index (χ0v) is 54.2. The molecule has 0 unspecified atom stereocenters. The van der Waals surface area contributed by atoms with Crippen molar-refractivity contribution in [2.24, 2.45) is 23.7 Å². The Balaban J connectivity index is 0.797. The highest BCUT2D eigenvalue weighted by Crippen LogP contribution is 2.42. The quantitative estimate of drug-likeness (QED) is 0.00889. The summed E-state index contributed by atoms with van der Waals surface area (Å²) in [7, 11) is 0. The van der Waals surface area contributed by atoms with E-state index >= 15 is 0 Å². The molecule has 0 aliphatic heterocycles. The number of esters is 6. The first-order valence-corrected chi connectivity index (χ1v) is 34.0. The maximum Gasteiger partial charge on any atom is 0.330 e. The van der Waals surface area contributed by atoms with E-state index < -0.39 is 11.9 Å². The van der Waals surface area contributed by atoms with Gasteiger partial charge in [-0.2, -0.15) is 0 Å². The van der Waals surface area contributed by atoms with Crippen LogP contribution >= 0.6 is 11.8 Å². The number of carbonyl (C=O) groups excluding carboxylic acids is 6. The summed E-state index contributed by atoms with van der Waals surface area (Å²) in [5.41, 5.74) is 2.07. The Morgan fingerprint density at radius 1 is 0.391 bits per heavy atom. The number of rotatable bonds is 38. The summed E-state index contributed by atoms with van der Waals surface area (Å²) in [5.74, 6) is 0.0735. The normalized spacial score (nSPS) is 16.2. The molecule has 6 aromatic rings. The monoisotopic (exact) mass is 1270 g/mol. The minimum atomic E-state index is -0.395. The molecule has 92 heavy (non-hydrogen) atoms. The van der Waals surface area contributed by atoms with Crippen molar-refractivity contribution >= 4 is 69.1 Å². The van der Waals surface area contributed by atoms with E-state index in [1.165, 1.54) is 25.0 Å². The van der Waals surface area contributed by atoms with E-state index in [1.807, 2.05) is 109 Å². The largest absolute Gasteiger partial charge is 0.494 e. The van der Waals surface area contributed by atoms with E-state index in [9.17, 15) is 28.8 Å². The van der Waals surface area contributed by atoms with E-state index in [1.54, 1.807) is 11.8 Å². The zero-order valence-electron chi connectivity index (χ0n) is 53.4. The molecule has 0 radical (unpaired) electrons. The summed E-state index contributed by atoms with van der Waals surface area (Å²) < 4.78 is 51.5. The summed E-state index contributed by atoms with van der Waals surface area (Å²) in [6, 6.07) is 37.2. The molecule has 15 nitrogen and oxygen atoms in total. The molecule has 2 aliphatic carbocycles. The molecule has 0 heterocycles. The number of unbranched alkanes of at least 4 members (excludes halogenated alkanes) is 9. The standard InChI is InChI=1S/C76H90O15S/c1-4-7-8-13-44-85-63-34-38-66(39-35-63)92-70-52-60-51-64(90-75(81)58-26-22-56(23-27-58)73(79)88-49-42-54-18-30-61(31-19-54)83-45-14-9-11-16-47-86-71(77)5-2)36-40-67(60)68-41-37-65(53-69(68)70)91-76(82)59-28-24-57(25-29-59)74(80)89-50-43-55-20-32-62(33-21-55)84-46-15-10-12-17-48-87-72(78)6-3/h5-6,18-21,30-41,51-53,56-59H,2-4,7-17,22-29,42-50H2,1H3. The summed E-state index contributed by atoms with van der Waals surface area (Å²) in [4.78, 5) is 78.1. The van der Waals surface area contributed by atoms with Crippen molar-refractivity contribution in [3.63, 3.8) is 0 Å². The van der Waals surface area contributed by atoms with Crippen molar-refractivity contribution in [3.8, 4) is 28.7 Å². The van der Waals surface area contributed by atoms with Crippen LogP contribution in [0.3, 0.4) is 0 Å². The molecular weight excluding hydrogens is 1180 g/mol. The van der Waals surface area contributed by atoms with Gasteiger partial charge in [0.1, 0.15) is 28.7 Å². The highest BCUT2D eigenvalue weighted by molar-refractivity contribution is 7.99. The van der Waals surface area contributed by atoms with Crippen LogP contribution in [0.1, 0.15) is 146 Å². The van der Waals surface area contributed by atoms with Crippen LogP contribution in [0.25, 0.3) is 21.5 Å². The second-order valence-corrected chi connectivity index (χ2v) is 24.9. The molecule has 2 saturated carbocycles. The van der Waals surface area contributed by atoms with Crippen LogP contribution < -0.4 is 23.7 Å². The van der Waals surface area contributed by atoms with Crippen LogP contribution in [0, 0.1) is 23.7 Å². The van der Waals surface area contributed by atoms with Crippen molar-refractivity contribution in [1.82, 2.24) is 0 Å². The van der Waals surface area contributed by atoms with Crippen LogP contribution in [-0.4, -0.2) is 82.1 Å². The first-order valence-electron chi connectivity index (χ1n) is 33.1.